The highest BCUT2D eigenvalue weighted by Gasteiger charge is 2.33. The first-order valence-electron chi connectivity index (χ1n) is 11.6. The van der Waals surface area contributed by atoms with E-state index in [9.17, 15) is 13.2 Å². The minimum Gasteiger partial charge on any atom is -0.353 e. The molecule has 8 nitrogen and oxygen atoms in total. The molecule has 0 bridgehead atoms. The van der Waals surface area contributed by atoms with Crippen LogP contribution in [0, 0.1) is 5.92 Å². The van der Waals surface area contributed by atoms with Crippen LogP contribution < -0.4 is 5.32 Å². The van der Waals surface area contributed by atoms with Gasteiger partial charge in [-0.25, -0.2) is 13.1 Å². The van der Waals surface area contributed by atoms with Crippen molar-refractivity contribution in [2.75, 3.05) is 13.1 Å². The van der Waals surface area contributed by atoms with Crippen molar-refractivity contribution in [2.24, 2.45) is 5.92 Å². The van der Waals surface area contributed by atoms with Gasteiger partial charge in [0.25, 0.3) is 0 Å². The summed E-state index contributed by atoms with van der Waals surface area (Å²) in [7, 11) is -3.62. The average Bonchev–Trinajstić information content (AvgIpc) is 3.22. The van der Waals surface area contributed by atoms with Crippen LogP contribution >= 0.6 is 0 Å². The van der Waals surface area contributed by atoms with Crippen molar-refractivity contribution < 1.29 is 13.2 Å². The van der Waals surface area contributed by atoms with E-state index in [0.717, 1.165) is 24.8 Å². The summed E-state index contributed by atoms with van der Waals surface area (Å²) in [6.07, 6.45) is 7.76. The number of amides is 1. The molecule has 1 aliphatic heterocycles. The van der Waals surface area contributed by atoms with E-state index >= 15 is 0 Å². The lowest BCUT2D eigenvalue weighted by atomic mass is 9.93. The number of piperidine rings is 1. The van der Waals surface area contributed by atoms with Crippen molar-refractivity contribution in [1.82, 2.24) is 24.6 Å². The molecule has 1 amide bonds. The molecule has 31 heavy (non-hydrogen) atoms. The van der Waals surface area contributed by atoms with Gasteiger partial charge in [0, 0.05) is 25.0 Å². The molecule has 1 saturated carbocycles. The second-order valence-electron chi connectivity index (χ2n) is 8.96. The largest absolute Gasteiger partial charge is 0.353 e. The quantitative estimate of drug-likeness (QED) is 0.733. The van der Waals surface area contributed by atoms with Gasteiger partial charge in [-0.15, -0.1) is 5.10 Å². The van der Waals surface area contributed by atoms with Crippen molar-refractivity contribution in [1.29, 1.82) is 0 Å². The molecule has 1 aromatic carbocycles. The minimum absolute atomic E-state index is 0.0898. The van der Waals surface area contributed by atoms with Crippen LogP contribution in [0.15, 0.2) is 23.1 Å². The predicted octanol–water partition coefficient (Wildman–Crippen LogP) is 3.25. The molecule has 0 spiro atoms. The number of sulfonamides is 1. The molecule has 4 rings (SSSR count). The number of hydrogen-bond donors (Lipinski definition) is 1. The third kappa shape index (κ3) is 4.62. The Morgan fingerprint density at radius 3 is 2.55 bits per heavy atom. The summed E-state index contributed by atoms with van der Waals surface area (Å²) >= 11 is 0. The topological polar surface area (TPSA) is 97.2 Å². The van der Waals surface area contributed by atoms with Crippen LogP contribution in [0.1, 0.15) is 71.3 Å². The van der Waals surface area contributed by atoms with Gasteiger partial charge in [-0.3, -0.25) is 4.79 Å². The zero-order chi connectivity index (χ0) is 22.0. The Labute approximate surface area is 184 Å². The Morgan fingerprint density at radius 1 is 1.16 bits per heavy atom. The lowest BCUT2D eigenvalue weighted by Crippen LogP contribution is -2.45. The molecule has 9 heteroatoms. The highest BCUT2D eigenvalue weighted by Crippen LogP contribution is 2.27. The summed E-state index contributed by atoms with van der Waals surface area (Å²) in [5.41, 5.74) is 1.43. The maximum atomic E-state index is 13.2. The maximum Gasteiger partial charge on any atom is 0.243 e. The van der Waals surface area contributed by atoms with E-state index in [1.807, 2.05) is 4.68 Å². The number of benzene rings is 1. The fourth-order valence-corrected chi connectivity index (χ4v) is 6.14. The number of nitrogens with one attached hydrogen (secondary N) is 1. The molecule has 2 fully saturated rings. The van der Waals surface area contributed by atoms with Gasteiger partial charge in [0.15, 0.2) is 0 Å². The first-order chi connectivity index (χ1) is 14.9. The van der Waals surface area contributed by atoms with Crippen molar-refractivity contribution in [3.8, 4) is 0 Å². The van der Waals surface area contributed by atoms with Gasteiger partial charge in [0.1, 0.15) is 5.52 Å². The van der Waals surface area contributed by atoms with E-state index in [1.165, 1.54) is 23.6 Å². The van der Waals surface area contributed by atoms with Crippen molar-refractivity contribution >= 4 is 27.0 Å². The Kier molecular flexibility index (Phi) is 6.62. The molecule has 1 aliphatic carbocycles. The Morgan fingerprint density at radius 2 is 1.87 bits per heavy atom. The Balaban J connectivity index is 1.41. The Bertz CT molecular complexity index is 1020. The molecule has 1 aromatic heterocycles. The molecule has 0 unspecified atom stereocenters. The van der Waals surface area contributed by atoms with E-state index in [0.29, 0.717) is 37.5 Å². The molecule has 2 aromatic rings. The van der Waals surface area contributed by atoms with E-state index in [4.69, 9.17) is 0 Å². The van der Waals surface area contributed by atoms with Crippen LogP contribution in [0.5, 0.6) is 0 Å². The third-order valence-electron chi connectivity index (χ3n) is 6.86. The van der Waals surface area contributed by atoms with E-state index < -0.39 is 10.0 Å². The number of carbonyl (C=O) groups excluding carboxylic acids is 1. The lowest BCUT2D eigenvalue weighted by Gasteiger charge is -2.32. The number of rotatable bonds is 6. The lowest BCUT2D eigenvalue weighted by molar-refractivity contribution is -0.127. The first kappa shape index (κ1) is 22.2. The molecule has 1 saturated heterocycles. The summed E-state index contributed by atoms with van der Waals surface area (Å²) in [4.78, 5) is 12.9. The predicted molar refractivity (Wildman–Crippen MR) is 119 cm³/mol. The van der Waals surface area contributed by atoms with Gasteiger partial charge < -0.3 is 5.32 Å². The van der Waals surface area contributed by atoms with Crippen LogP contribution in [-0.2, 0) is 14.8 Å². The summed E-state index contributed by atoms with van der Waals surface area (Å²) in [5.74, 6) is -0.0155. The van der Waals surface area contributed by atoms with Gasteiger partial charge >= 0.3 is 0 Å². The second-order valence-corrected chi connectivity index (χ2v) is 10.9. The average molecular weight is 448 g/mol. The number of aromatic nitrogens is 3. The van der Waals surface area contributed by atoms with Crippen LogP contribution in [0.3, 0.4) is 0 Å². The van der Waals surface area contributed by atoms with Gasteiger partial charge in [0.2, 0.25) is 15.9 Å². The minimum atomic E-state index is -3.62. The van der Waals surface area contributed by atoms with E-state index in [-0.39, 0.29) is 22.8 Å². The highest BCUT2D eigenvalue weighted by atomic mass is 32.2. The van der Waals surface area contributed by atoms with Crippen LogP contribution in [0.25, 0.3) is 11.0 Å². The van der Waals surface area contributed by atoms with Crippen molar-refractivity contribution in [3.63, 3.8) is 0 Å². The van der Waals surface area contributed by atoms with Crippen LogP contribution in [0.2, 0.25) is 0 Å². The molecule has 170 valence electrons. The third-order valence-corrected chi connectivity index (χ3v) is 8.76. The molecule has 0 radical (unpaired) electrons. The normalized spacial score (nSPS) is 20.7. The monoisotopic (exact) mass is 447 g/mol. The van der Waals surface area contributed by atoms with Crippen molar-refractivity contribution in [3.05, 3.63) is 18.2 Å². The Hall–Kier alpha value is -2.00. The fourth-order valence-electron chi connectivity index (χ4n) is 4.65. The summed E-state index contributed by atoms with van der Waals surface area (Å²) in [6, 6.07) is 5.53. The van der Waals surface area contributed by atoms with Gasteiger partial charge in [-0.2, -0.15) is 4.31 Å². The van der Waals surface area contributed by atoms with Gasteiger partial charge in [-0.05, 0) is 57.2 Å². The van der Waals surface area contributed by atoms with Gasteiger partial charge in [-0.1, -0.05) is 31.4 Å². The zero-order valence-electron chi connectivity index (χ0n) is 18.5. The van der Waals surface area contributed by atoms with Crippen molar-refractivity contribution in [2.45, 2.75) is 82.2 Å². The van der Waals surface area contributed by atoms with E-state index in [2.05, 4.69) is 29.5 Å². The zero-order valence-corrected chi connectivity index (χ0v) is 19.3. The number of carbonyl (C=O) groups is 1. The highest BCUT2D eigenvalue weighted by molar-refractivity contribution is 7.89. The second kappa shape index (κ2) is 9.24. The standard InChI is InChI=1S/C22H33N5O3S/c1-3-16(2)27-21-10-9-19(15-20(21)24-25-27)31(29,30)26-13-11-17(12-14-26)22(28)23-18-7-5-4-6-8-18/h9-10,15-18H,3-8,11-14H2,1-2H3,(H,23,28)/t16-/m1/s1. The number of hydrogen-bond acceptors (Lipinski definition) is 5. The smallest absolute Gasteiger partial charge is 0.243 e. The maximum absolute atomic E-state index is 13.2. The summed E-state index contributed by atoms with van der Waals surface area (Å²) in [5, 5.41) is 11.6. The molecular formula is C22H33N5O3S. The van der Waals surface area contributed by atoms with Crippen LogP contribution in [-0.4, -0.2) is 52.8 Å². The molecule has 2 aliphatic rings. The summed E-state index contributed by atoms with van der Waals surface area (Å²) < 4.78 is 29.7. The van der Waals surface area contributed by atoms with Crippen LogP contribution in [0.4, 0.5) is 0 Å². The summed E-state index contributed by atoms with van der Waals surface area (Å²) in [6.45, 7) is 4.87. The number of nitrogens with zero attached hydrogens (tertiary/aromatic N) is 4. The fraction of sp³-hybridized carbons (Fsp3) is 0.682. The molecule has 1 atom stereocenters. The first-order valence-corrected chi connectivity index (χ1v) is 13.0. The number of fused-ring (bicyclic) bond motifs is 1. The van der Waals surface area contributed by atoms with E-state index in [1.54, 1.807) is 18.2 Å². The van der Waals surface area contributed by atoms with Gasteiger partial charge in [0.05, 0.1) is 16.5 Å². The molecular weight excluding hydrogens is 414 g/mol. The molecule has 2 heterocycles. The molecule has 1 N–H and O–H groups in total. The SMILES string of the molecule is CC[C@@H](C)n1nnc2cc(S(=O)(=O)N3CCC(C(=O)NC4CCCCC4)CC3)ccc21.